The van der Waals surface area contributed by atoms with E-state index in [1.807, 2.05) is 0 Å². The van der Waals surface area contributed by atoms with E-state index in [9.17, 15) is 9.59 Å². The summed E-state index contributed by atoms with van der Waals surface area (Å²) in [5.41, 5.74) is 0. The monoisotopic (exact) mass is 234 g/mol. The minimum absolute atomic E-state index is 0.0396. The Morgan fingerprint density at radius 3 is 1.50 bits per heavy atom. The second kappa shape index (κ2) is 8.06. The van der Waals surface area contributed by atoms with Crippen LogP contribution in [0.4, 0.5) is 0 Å². The Kier molecular flexibility index (Phi) is 7.49. The first-order chi connectivity index (χ1) is 7.58. The lowest BCUT2D eigenvalue weighted by atomic mass is 10.0. The van der Waals surface area contributed by atoms with E-state index in [2.05, 4.69) is 9.47 Å². The van der Waals surface area contributed by atoms with Gasteiger partial charge in [0.2, 0.25) is 0 Å². The molecule has 0 rings (SSSR count). The van der Waals surface area contributed by atoms with E-state index in [1.165, 1.54) is 28.4 Å². The molecule has 94 valence electrons. The fourth-order valence-corrected chi connectivity index (χ4v) is 1.34. The molecule has 0 N–H and O–H groups in total. The summed E-state index contributed by atoms with van der Waals surface area (Å²) in [6, 6.07) is 0. The van der Waals surface area contributed by atoms with Crippen molar-refractivity contribution < 1.29 is 28.5 Å². The number of rotatable bonds is 7. The highest BCUT2D eigenvalue weighted by Gasteiger charge is 2.27. The summed E-state index contributed by atoms with van der Waals surface area (Å²) < 4.78 is 19.1. The van der Waals surface area contributed by atoms with Crippen molar-refractivity contribution in [3.63, 3.8) is 0 Å². The normalized spacial score (nSPS) is 10.6. The van der Waals surface area contributed by atoms with E-state index >= 15 is 0 Å². The highest BCUT2D eigenvalue weighted by molar-refractivity contribution is 5.73. The largest absolute Gasteiger partial charge is 0.469 e. The maximum absolute atomic E-state index is 11.1. The SMILES string of the molecule is COC(=O)CC(CC(=O)OC)C(OC)OC. The number of carbonyl (C=O) groups is 2. The summed E-state index contributed by atoms with van der Waals surface area (Å²) in [5, 5.41) is 0. The minimum Gasteiger partial charge on any atom is -0.469 e. The zero-order chi connectivity index (χ0) is 12.6. The Bertz CT molecular complexity index is 205. The van der Waals surface area contributed by atoms with Crippen LogP contribution in [0.5, 0.6) is 0 Å². The van der Waals surface area contributed by atoms with Crippen molar-refractivity contribution in [3.8, 4) is 0 Å². The highest BCUT2D eigenvalue weighted by atomic mass is 16.7. The Hall–Kier alpha value is -1.14. The molecular formula is C10H18O6. The molecule has 0 aromatic rings. The third-order valence-electron chi connectivity index (χ3n) is 2.16. The Balaban J connectivity index is 4.47. The van der Waals surface area contributed by atoms with Crippen molar-refractivity contribution in [2.24, 2.45) is 5.92 Å². The van der Waals surface area contributed by atoms with Gasteiger partial charge in [0, 0.05) is 20.1 Å². The Labute approximate surface area is 94.8 Å². The molecule has 6 heteroatoms. The molecule has 16 heavy (non-hydrogen) atoms. The van der Waals surface area contributed by atoms with Crippen molar-refractivity contribution in [1.29, 1.82) is 0 Å². The first kappa shape index (κ1) is 14.9. The van der Waals surface area contributed by atoms with E-state index in [1.54, 1.807) is 0 Å². The van der Waals surface area contributed by atoms with Gasteiger partial charge >= 0.3 is 11.9 Å². The minimum atomic E-state index is -0.641. The standard InChI is InChI=1S/C10H18O6/c1-13-8(11)5-7(6-9(12)14-2)10(15-3)16-4/h7,10H,5-6H2,1-4H3. The summed E-state index contributed by atoms with van der Waals surface area (Å²) in [4.78, 5) is 22.3. The van der Waals surface area contributed by atoms with Crippen molar-refractivity contribution >= 4 is 11.9 Å². The number of hydrogen-bond acceptors (Lipinski definition) is 6. The molecule has 0 aliphatic rings. The molecule has 0 bridgehead atoms. The predicted molar refractivity (Wildman–Crippen MR) is 54.6 cm³/mol. The Morgan fingerprint density at radius 2 is 1.25 bits per heavy atom. The molecular weight excluding hydrogens is 216 g/mol. The number of ether oxygens (including phenoxy) is 4. The van der Waals surface area contributed by atoms with Crippen molar-refractivity contribution in [3.05, 3.63) is 0 Å². The van der Waals surface area contributed by atoms with Crippen LogP contribution in [-0.4, -0.2) is 46.7 Å². The van der Waals surface area contributed by atoms with E-state index in [4.69, 9.17) is 9.47 Å². The first-order valence-corrected chi connectivity index (χ1v) is 4.78. The summed E-state index contributed by atoms with van der Waals surface area (Å²) in [6.45, 7) is 0. The molecule has 0 unspecified atom stereocenters. The molecule has 0 atom stereocenters. The van der Waals surface area contributed by atoms with Crippen LogP contribution in [0.15, 0.2) is 0 Å². The van der Waals surface area contributed by atoms with Crippen LogP contribution in [0.2, 0.25) is 0 Å². The third kappa shape index (κ3) is 5.09. The lowest BCUT2D eigenvalue weighted by Gasteiger charge is -2.22. The van der Waals surface area contributed by atoms with Gasteiger partial charge in [0.1, 0.15) is 0 Å². The molecule has 0 saturated heterocycles. The Morgan fingerprint density at radius 1 is 0.875 bits per heavy atom. The van der Waals surface area contributed by atoms with Crippen LogP contribution in [0.1, 0.15) is 12.8 Å². The molecule has 6 nitrogen and oxygen atoms in total. The summed E-state index contributed by atoms with van der Waals surface area (Å²) in [5.74, 6) is -1.27. The van der Waals surface area contributed by atoms with Gasteiger partial charge in [-0.25, -0.2) is 0 Å². The zero-order valence-corrected chi connectivity index (χ0v) is 10.0. The van der Waals surface area contributed by atoms with Crippen LogP contribution >= 0.6 is 0 Å². The molecule has 0 fully saturated rings. The maximum atomic E-state index is 11.1. The van der Waals surface area contributed by atoms with Gasteiger partial charge in [-0.1, -0.05) is 0 Å². The molecule has 0 aromatic heterocycles. The third-order valence-corrected chi connectivity index (χ3v) is 2.16. The van der Waals surface area contributed by atoms with Crippen LogP contribution in [0.3, 0.4) is 0 Å². The van der Waals surface area contributed by atoms with Gasteiger partial charge in [0.05, 0.1) is 27.1 Å². The van der Waals surface area contributed by atoms with E-state index in [0.29, 0.717) is 0 Å². The molecule has 0 amide bonds. The molecule has 0 radical (unpaired) electrons. The van der Waals surface area contributed by atoms with Crippen molar-refractivity contribution in [2.75, 3.05) is 28.4 Å². The lowest BCUT2D eigenvalue weighted by molar-refractivity contribution is -0.165. The average Bonchev–Trinajstić information content (AvgIpc) is 2.29. The van der Waals surface area contributed by atoms with Gasteiger partial charge in [-0.2, -0.15) is 0 Å². The van der Waals surface area contributed by atoms with E-state index < -0.39 is 24.1 Å². The molecule has 0 aromatic carbocycles. The van der Waals surface area contributed by atoms with E-state index in [-0.39, 0.29) is 12.8 Å². The van der Waals surface area contributed by atoms with E-state index in [0.717, 1.165) is 0 Å². The summed E-state index contributed by atoms with van der Waals surface area (Å²) in [7, 11) is 5.45. The van der Waals surface area contributed by atoms with Crippen LogP contribution in [0.25, 0.3) is 0 Å². The number of methoxy groups -OCH3 is 4. The van der Waals surface area contributed by atoms with Crippen LogP contribution in [-0.2, 0) is 28.5 Å². The fourth-order valence-electron chi connectivity index (χ4n) is 1.34. The topological polar surface area (TPSA) is 71.1 Å². The molecule has 0 saturated carbocycles. The average molecular weight is 234 g/mol. The fraction of sp³-hybridized carbons (Fsp3) is 0.800. The van der Waals surface area contributed by atoms with Crippen LogP contribution in [0, 0.1) is 5.92 Å². The predicted octanol–water partition coefficient (Wildman–Crippen LogP) is 0.348. The van der Waals surface area contributed by atoms with Gasteiger partial charge in [-0.15, -0.1) is 0 Å². The second-order valence-electron chi connectivity index (χ2n) is 3.16. The van der Waals surface area contributed by atoms with Gasteiger partial charge < -0.3 is 18.9 Å². The molecule has 0 aliphatic heterocycles. The van der Waals surface area contributed by atoms with Gasteiger partial charge in [-0.3, -0.25) is 9.59 Å². The molecule has 0 aliphatic carbocycles. The highest BCUT2D eigenvalue weighted by Crippen LogP contribution is 2.18. The zero-order valence-electron chi connectivity index (χ0n) is 10.0. The lowest BCUT2D eigenvalue weighted by Crippen LogP contribution is -2.29. The quantitative estimate of drug-likeness (QED) is 0.467. The van der Waals surface area contributed by atoms with Crippen LogP contribution < -0.4 is 0 Å². The molecule has 0 spiro atoms. The first-order valence-electron chi connectivity index (χ1n) is 4.78. The van der Waals surface area contributed by atoms with Crippen molar-refractivity contribution in [2.45, 2.75) is 19.1 Å². The van der Waals surface area contributed by atoms with Gasteiger partial charge in [-0.05, 0) is 0 Å². The van der Waals surface area contributed by atoms with Gasteiger partial charge in [0.15, 0.2) is 6.29 Å². The number of esters is 2. The van der Waals surface area contributed by atoms with Crippen molar-refractivity contribution in [1.82, 2.24) is 0 Å². The summed E-state index contributed by atoms with van der Waals surface area (Å²) in [6.07, 6.45) is -0.561. The second-order valence-corrected chi connectivity index (χ2v) is 3.16. The number of carbonyl (C=O) groups excluding carboxylic acids is 2. The van der Waals surface area contributed by atoms with Gasteiger partial charge in [0.25, 0.3) is 0 Å². The number of hydrogen-bond donors (Lipinski definition) is 0. The maximum Gasteiger partial charge on any atom is 0.305 e. The molecule has 0 heterocycles. The summed E-state index contributed by atoms with van der Waals surface area (Å²) >= 11 is 0. The smallest absolute Gasteiger partial charge is 0.305 e.